The van der Waals surface area contributed by atoms with Crippen LogP contribution in [-0.4, -0.2) is 37.7 Å². The van der Waals surface area contributed by atoms with E-state index in [0.29, 0.717) is 11.4 Å². The van der Waals surface area contributed by atoms with Gasteiger partial charge >= 0.3 is 0 Å². The van der Waals surface area contributed by atoms with Crippen molar-refractivity contribution in [3.63, 3.8) is 0 Å². The van der Waals surface area contributed by atoms with E-state index < -0.39 is 0 Å². The molecule has 0 saturated heterocycles. The van der Waals surface area contributed by atoms with Gasteiger partial charge in [-0.2, -0.15) is 5.10 Å². The Morgan fingerprint density at radius 2 is 2.04 bits per heavy atom. The highest BCUT2D eigenvalue weighted by Crippen LogP contribution is 2.54. The number of carbonyl (C=O) groups is 1. The number of aromatic nitrogens is 3. The van der Waals surface area contributed by atoms with Crippen LogP contribution in [0.1, 0.15) is 47.2 Å². The quantitative estimate of drug-likeness (QED) is 0.765. The molecule has 2 aliphatic rings. The van der Waals surface area contributed by atoms with Crippen LogP contribution in [0.15, 0.2) is 42.6 Å². The molecular formula is C22H22N4O2. The SMILES string of the molecule is CCc1ncccc1-c1ccc2c(c1)-n1nc(CO)cc1C(=O)N(C)C21CC1. The van der Waals surface area contributed by atoms with E-state index in [1.165, 1.54) is 0 Å². The second-order valence-corrected chi connectivity index (χ2v) is 7.57. The Morgan fingerprint density at radius 3 is 2.75 bits per heavy atom. The van der Waals surface area contributed by atoms with Crippen LogP contribution >= 0.6 is 0 Å². The highest BCUT2D eigenvalue weighted by atomic mass is 16.3. The number of aliphatic hydroxyl groups excluding tert-OH is 1. The topological polar surface area (TPSA) is 71.2 Å². The lowest BCUT2D eigenvalue weighted by atomic mass is 9.95. The molecule has 1 amide bonds. The van der Waals surface area contributed by atoms with Crippen molar-refractivity contribution in [1.29, 1.82) is 0 Å². The smallest absolute Gasteiger partial charge is 0.273 e. The number of nitrogens with zero attached hydrogens (tertiary/aromatic N) is 4. The Bertz CT molecular complexity index is 1100. The molecule has 6 heteroatoms. The fourth-order valence-corrected chi connectivity index (χ4v) is 4.36. The highest BCUT2D eigenvalue weighted by Gasteiger charge is 2.53. The Balaban J connectivity index is 1.77. The number of carbonyl (C=O) groups excluding carboxylic acids is 1. The summed E-state index contributed by atoms with van der Waals surface area (Å²) in [4.78, 5) is 19.5. The maximum Gasteiger partial charge on any atom is 0.273 e. The molecule has 1 fully saturated rings. The van der Waals surface area contributed by atoms with Gasteiger partial charge in [-0.1, -0.05) is 25.1 Å². The molecule has 1 N–H and O–H groups in total. The van der Waals surface area contributed by atoms with E-state index in [1.807, 2.05) is 24.2 Å². The van der Waals surface area contributed by atoms with Crippen molar-refractivity contribution < 1.29 is 9.90 Å². The van der Waals surface area contributed by atoms with Gasteiger partial charge in [-0.25, -0.2) is 4.68 Å². The highest BCUT2D eigenvalue weighted by molar-refractivity contribution is 5.95. The Labute approximate surface area is 163 Å². The lowest BCUT2D eigenvalue weighted by Gasteiger charge is -2.27. The minimum atomic E-state index is -0.256. The third-order valence-corrected chi connectivity index (χ3v) is 6.07. The van der Waals surface area contributed by atoms with Gasteiger partial charge in [-0.05, 0) is 43.0 Å². The van der Waals surface area contributed by atoms with Crippen molar-refractivity contribution in [2.45, 2.75) is 38.3 Å². The van der Waals surface area contributed by atoms with Gasteiger partial charge in [0.2, 0.25) is 0 Å². The summed E-state index contributed by atoms with van der Waals surface area (Å²) in [7, 11) is 1.87. The molecule has 142 valence electrons. The number of pyridine rings is 1. The molecule has 0 radical (unpaired) electrons. The third-order valence-electron chi connectivity index (χ3n) is 6.07. The van der Waals surface area contributed by atoms with Crippen LogP contribution < -0.4 is 0 Å². The van der Waals surface area contributed by atoms with Crippen LogP contribution in [-0.2, 0) is 18.6 Å². The number of aryl methyl sites for hydroxylation is 1. The van der Waals surface area contributed by atoms with Crippen molar-refractivity contribution >= 4 is 5.91 Å². The molecule has 1 saturated carbocycles. The van der Waals surface area contributed by atoms with Crippen molar-refractivity contribution in [2.75, 3.05) is 7.05 Å². The van der Waals surface area contributed by atoms with E-state index in [2.05, 4.69) is 41.3 Å². The summed E-state index contributed by atoms with van der Waals surface area (Å²) < 4.78 is 1.71. The standard InChI is InChI=1S/C22H22N4O2/c1-3-18-16(5-4-10-23-18)14-6-7-17-19(11-14)26-20(12-15(13-27)24-26)21(28)25(2)22(17)8-9-22/h4-7,10-12,27H,3,8-9,13H2,1-2H3. The maximum atomic E-state index is 13.1. The summed E-state index contributed by atoms with van der Waals surface area (Å²) >= 11 is 0. The van der Waals surface area contributed by atoms with Crippen LogP contribution in [0.25, 0.3) is 16.8 Å². The Morgan fingerprint density at radius 1 is 1.21 bits per heavy atom. The number of benzene rings is 1. The predicted octanol–water partition coefficient (Wildman–Crippen LogP) is 3.06. The molecule has 5 rings (SSSR count). The molecule has 1 aliphatic carbocycles. The molecule has 28 heavy (non-hydrogen) atoms. The molecule has 0 atom stereocenters. The van der Waals surface area contributed by atoms with E-state index in [1.54, 1.807) is 10.7 Å². The second kappa shape index (κ2) is 6.01. The van der Waals surface area contributed by atoms with Gasteiger partial charge in [0.25, 0.3) is 5.91 Å². The molecule has 2 aromatic heterocycles. The molecule has 3 heterocycles. The molecular weight excluding hydrogens is 352 g/mol. The van der Waals surface area contributed by atoms with Gasteiger partial charge in [-0.15, -0.1) is 0 Å². The number of amides is 1. The van der Waals surface area contributed by atoms with Gasteiger partial charge in [0.1, 0.15) is 5.69 Å². The second-order valence-electron chi connectivity index (χ2n) is 7.57. The van der Waals surface area contributed by atoms with Gasteiger partial charge in [-0.3, -0.25) is 9.78 Å². The average Bonchev–Trinajstić information content (AvgIpc) is 3.44. The fourth-order valence-electron chi connectivity index (χ4n) is 4.36. The van der Waals surface area contributed by atoms with Crippen LogP contribution in [0.4, 0.5) is 0 Å². The molecule has 0 unspecified atom stereocenters. The number of fused-ring (bicyclic) bond motifs is 4. The van der Waals surface area contributed by atoms with Crippen LogP contribution in [0.3, 0.4) is 0 Å². The normalized spacial score (nSPS) is 16.7. The molecule has 6 nitrogen and oxygen atoms in total. The minimum Gasteiger partial charge on any atom is -0.390 e. The lowest BCUT2D eigenvalue weighted by molar-refractivity contribution is 0.0704. The summed E-state index contributed by atoms with van der Waals surface area (Å²) in [5.41, 5.74) is 5.95. The molecule has 1 aliphatic heterocycles. The first-order chi connectivity index (χ1) is 13.6. The van der Waals surface area contributed by atoms with Gasteiger partial charge in [0, 0.05) is 30.1 Å². The van der Waals surface area contributed by atoms with Crippen molar-refractivity contribution in [3.05, 3.63) is 65.2 Å². The number of rotatable bonds is 3. The van der Waals surface area contributed by atoms with Crippen LogP contribution in [0.5, 0.6) is 0 Å². The predicted molar refractivity (Wildman–Crippen MR) is 105 cm³/mol. The third kappa shape index (κ3) is 2.27. The van der Waals surface area contributed by atoms with E-state index in [-0.39, 0.29) is 18.1 Å². The summed E-state index contributed by atoms with van der Waals surface area (Å²) in [6.45, 7) is 1.90. The van der Waals surface area contributed by atoms with Crippen LogP contribution in [0.2, 0.25) is 0 Å². The summed E-state index contributed by atoms with van der Waals surface area (Å²) in [5.74, 6) is -0.0573. The van der Waals surface area contributed by atoms with Gasteiger partial charge < -0.3 is 10.0 Å². The summed E-state index contributed by atoms with van der Waals surface area (Å²) in [6, 6.07) is 12.1. The van der Waals surface area contributed by atoms with Gasteiger partial charge in [0.05, 0.1) is 23.5 Å². The number of aliphatic hydroxyl groups is 1. The Kier molecular flexibility index (Phi) is 3.67. The largest absolute Gasteiger partial charge is 0.390 e. The first-order valence-electron chi connectivity index (χ1n) is 9.66. The van der Waals surface area contributed by atoms with Crippen molar-refractivity contribution in [1.82, 2.24) is 19.7 Å². The summed E-state index contributed by atoms with van der Waals surface area (Å²) in [5, 5.41) is 14.1. The minimum absolute atomic E-state index is 0.0573. The average molecular weight is 374 g/mol. The van der Waals surface area contributed by atoms with E-state index in [0.717, 1.165) is 47.3 Å². The molecule has 1 aromatic carbocycles. The number of hydrogen-bond acceptors (Lipinski definition) is 4. The fraction of sp³-hybridized carbons (Fsp3) is 0.318. The summed E-state index contributed by atoms with van der Waals surface area (Å²) in [6.07, 6.45) is 4.57. The maximum absolute atomic E-state index is 13.1. The first kappa shape index (κ1) is 17.1. The molecule has 3 aromatic rings. The zero-order valence-corrected chi connectivity index (χ0v) is 16.0. The zero-order valence-electron chi connectivity index (χ0n) is 16.0. The Hall–Kier alpha value is -2.99. The zero-order chi connectivity index (χ0) is 19.5. The molecule has 1 spiro atoms. The molecule has 0 bridgehead atoms. The number of hydrogen-bond donors (Lipinski definition) is 1. The lowest BCUT2D eigenvalue weighted by Crippen LogP contribution is -2.36. The van der Waals surface area contributed by atoms with Crippen molar-refractivity contribution in [3.8, 4) is 16.8 Å². The van der Waals surface area contributed by atoms with E-state index in [9.17, 15) is 9.90 Å². The first-order valence-corrected chi connectivity index (χ1v) is 9.66. The van der Waals surface area contributed by atoms with Crippen LogP contribution in [0, 0.1) is 0 Å². The van der Waals surface area contributed by atoms with Gasteiger partial charge in [0.15, 0.2) is 0 Å². The van der Waals surface area contributed by atoms with Crippen molar-refractivity contribution in [2.24, 2.45) is 0 Å². The monoisotopic (exact) mass is 374 g/mol. The van der Waals surface area contributed by atoms with E-state index in [4.69, 9.17) is 0 Å². The van der Waals surface area contributed by atoms with E-state index >= 15 is 0 Å².